The number of hydrogen-bond donors (Lipinski definition) is 1. The van der Waals surface area contributed by atoms with Crippen molar-refractivity contribution < 1.29 is 4.79 Å². The van der Waals surface area contributed by atoms with Crippen LogP contribution in [-0.4, -0.2) is 35.4 Å². The number of pyridine rings is 1. The summed E-state index contributed by atoms with van der Waals surface area (Å²) in [7, 11) is 0. The molecule has 1 aromatic heterocycles. The normalized spacial score (nSPS) is 18.5. The van der Waals surface area contributed by atoms with Crippen molar-refractivity contribution in [2.45, 2.75) is 12.5 Å². The van der Waals surface area contributed by atoms with Gasteiger partial charge >= 0.3 is 0 Å². The zero-order valence-corrected chi connectivity index (χ0v) is 11.9. The molecule has 108 valence electrons. The summed E-state index contributed by atoms with van der Waals surface area (Å²) >= 11 is 0. The SMILES string of the molecule is O=C(Cc1cccnc1)N1CCNC[C@H]1c1ccccc1. The highest BCUT2D eigenvalue weighted by molar-refractivity contribution is 5.79. The minimum absolute atomic E-state index is 0.115. The lowest BCUT2D eigenvalue weighted by Crippen LogP contribution is -2.49. The highest BCUT2D eigenvalue weighted by Crippen LogP contribution is 2.22. The lowest BCUT2D eigenvalue weighted by Gasteiger charge is -2.36. The van der Waals surface area contributed by atoms with E-state index in [-0.39, 0.29) is 11.9 Å². The van der Waals surface area contributed by atoms with Crippen LogP contribution in [0.2, 0.25) is 0 Å². The second kappa shape index (κ2) is 6.50. The number of amides is 1. The fourth-order valence-corrected chi connectivity index (χ4v) is 2.75. The molecule has 4 nitrogen and oxygen atoms in total. The number of carbonyl (C=O) groups excluding carboxylic acids is 1. The van der Waals surface area contributed by atoms with Crippen LogP contribution in [0.25, 0.3) is 0 Å². The van der Waals surface area contributed by atoms with Gasteiger partial charge in [-0.15, -0.1) is 0 Å². The molecule has 1 saturated heterocycles. The number of nitrogens with one attached hydrogen (secondary N) is 1. The first kappa shape index (κ1) is 13.8. The van der Waals surface area contributed by atoms with Crippen molar-refractivity contribution in [3.05, 3.63) is 66.0 Å². The molecule has 0 unspecified atom stereocenters. The first-order valence-corrected chi connectivity index (χ1v) is 7.28. The number of nitrogens with zero attached hydrogens (tertiary/aromatic N) is 2. The standard InChI is InChI=1S/C17H19N3O/c21-17(11-14-5-4-8-18-12-14)20-10-9-19-13-16(20)15-6-2-1-3-7-15/h1-8,12,16,19H,9-11,13H2/t16-/m0/s1. The Bertz CT molecular complexity index is 585. The Hall–Kier alpha value is -2.20. The maximum Gasteiger partial charge on any atom is 0.227 e. The van der Waals surface area contributed by atoms with Gasteiger partial charge in [0.25, 0.3) is 0 Å². The molecule has 4 heteroatoms. The molecule has 3 rings (SSSR count). The predicted octanol–water partition coefficient (Wildman–Crippen LogP) is 1.80. The summed E-state index contributed by atoms with van der Waals surface area (Å²) in [5.41, 5.74) is 2.15. The largest absolute Gasteiger partial charge is 0.333 e. The highest BCUT2D eigenvalue weighted by atomic mass is 16.2. The van der Waals surface area contributed by atoms with Gasteiger partial charge in [-0.3, -0.25) is 9.78 Å². The molecule has 1 atom stereocenters. The van der Waals surface area contributed by atoms with E-state index in [2.05, 4.69) is 22.4 Å². The van der Waals surface area contributed by atoms with Crippen molar-refractivity contribution >= 4 is 5.91 Å². The van der Waals surface area contributed by atoms with Crippen molar-refractivity contribution in [2.24, 2.45) is 0 Å². The van der Waals surface area contributed by atoms with Gasteiger partial charge in [0.05, 0.1) is 12.5 Å². The Balaban J connectivity index is 1.76. The molecule has 0 aliphatic carbocycles. The van der Waals surface area contributed by atoms with Crippen LogP contribution in [0.5, 0.6) is 0 Å². The Kier molecular flexibility index (Phi) is 4.26. The van der Waals surface area contributed by atoms with Gasteiger partial charge in [-0.05, 0) is 17.2 Å². The van der Waals surface area contributed by atoms with Crippen LogP contribution in [0.15, 0.2) is 54.9 Å². The third-order valence-corrected chi connectivity index (χ3v) is 3.83. The van der Waals surface area contributed by atoms with E-state index in [1.165, 1.54) is 5.56 Å². The van der Waals surface area contributed by atoms with Gasteiger partial charge in [-0.2, -0.15) is 0 Å². The summed E-state index contributed by atoms with van der Waals surface area (Å²) in [6.45, 7) is 2.41. The lowest BCUT2D eigenvalue weighted by atomic mass is 10.0. The minimum Gasteiger partial charge on any atom is -0.333 e. The molecule has 1 aliphatic rings. The third-order valence-electron chi connectivity index (χ3n) is 3.83. The molecule has 0 bridgehead atoms. The van der Waals surface area contributed by atoms with E-state index in [4.69, 9.17) is 0 Å². The zero-order valence-electron chi connectivity index (χ0n) is 11.9. The van der Waals surface area contributed by atoms with E-state index < -0.39 is 0 Å². The number of piperazine rings is 1. The molecule has 1 fully saturated rings. The minimum atomic E-state index is 0.115. The summed E-state index contributed by atoms with van der Waals surface area (Å²) in [6.07, 6.45) is 3.90. The van der Waals surface area contributed by atoms with Gasteiger partial charge in [-0.25, -0.2) is 0 Å². The Morgan fingerprint density at radius 3 is 2.86 bits per heavy atom. The predicted molar refractivity (Wildman–Crippen MR) is 81.7 cm³/mol. The first-order valence-electron chi connectivity index (χ1n) is 7.28. The second-order valence-electron chi connectivity index (χ2n) is 5.26. The molecular weight excluding hydrogens is 262 g/mol. The lowest BCUT2D eigenvalue weighted by molar-refractivity contribution is -0.133. The van der Waals surface area contributed by atoms with Crippen LogP contribution in [-0.2, 0) is 11.2 Å². The van der Waals surface area contributed by atoms with Crippen LogP contribution >= 0.6 is 0 Å². The van der Waals surface area contributed by atoms with Gasteiger partial charge in [0.1, 0.15) is 0 Å². The van der Waals surface area contributed by atoms with Gasteiger partial charge < -0.3 is 10.2 Å². The number of hydrogen-bond acceptors (Lipinski definition) is 3. The van der Waals surface area contributed by atoms with Crippen molar-refractivity contribution in [3.63, 3.8) is 0 Å². The molecule has 2 aromatic rings. The van der Waals surface area contributed by atoms with Crippen LogP contribution in [0.1, 0.15) is 17.2 Å². The molecule has 21 heavy (non-hydrogen) atoms. The maximum atomic E-state index is 12.6. The zero-order chi connectivity index (χ0) is 14.5. The summed E-state index contributed by atoms with van der Waals surface area (Å²) in [4.78, 5) is 18.7. The number of carbonyl (C=O) groups is 1. The van der Waals surface area contributed by atoms with E-state index in [9.17, 15) is 4.79 Å². The third kappa shape index (κ3) is 3.28. The summed E-state index contributed by atoms with van der Waals surface area (Å²) < 4.78 is 0. The van der Waals surface area contributed by atoms with Crippen LogP contribution in [0, 0.1) is 0 Å². The second-order valence-corrected chi connectivity index (χ2v) is 5.26. The van der Waals surface area contributed by atoms with E-state index in [0.29, 0.717) is 6.42 Å². The summed E-state index contributed by atoms with van der Waals surface area (Å²) in [5, 5.41) is 3.38. The fraction of sp³-hybridized carbons (Fsp3) is 0.294. The first-order chi connectivity index (χ1) is 10.3. The smallest absolute Gasteiger partial charge is 0.227 e. The van der Waals surface area contributed by atoms with Crippen LogP contribution in [0.3, 0.4) is 0 Å². The van der Waals surface area contributed by atoms with E-state index >= 15 is 0 Å². The number of benzene rings is 1. The number of aromatic nitrogens is 1. The van der Waals surface area contributed by atoms with Crippen molar-refractivity contribution in [1.29, 1.82) is 0 Å². The summed E-state index contributed by atoms with van der Waals surface area (Å²) in [6, 6.07) is 14.1. The van der Waals surface area contributed by atoms with Crippen molar-refractivity contribution in [3.8, 4) is 0 Å². The van der Waals surface area contributed by atoms with Crippen molar-refractivity contribution in [2.75, 3.05) is 19.6 Å². The van der Waals surface area contributed by atoms with Gasteiger partial charge in [0.15, 0.2) is 0 Å². The molecular formula is C17H19N3O. The maximum absolute atomic E-state index is 12.6. The van der Waals surface area contributed by atoms with E-state index in [0.717, 1.165) is 25.2 Å². The van der Waals surface area contributed by atoms with E-state index in [1.54, 1.807) is 12.4 Å². The van der Waals surface area contributed by atoms with Gasteiger partial charge in [-0.1, -0.05) is 36.4 Å². The van der Waals surface area contributed by atoms with Gasteiger partial charge in [0.2, 0.25) is 5.91 Å². The fourth-order valence-electron chi connectivity index (χ4n) is 2.75. The van der Waals surface area contributed by atoms with Crippen LogP contribution in [0.4, 0.5) is 0 Å². The van der Waals surface area contributed by atoms with Crippen LogP contribution < -0.4 is 5.32 Å². The molecule has 1 amide bonds. The Labute approximate surface area is 124 Å². The molecule has 0 spiro atoms. The topological polar surface area (TPSA) is 45.2 Å². The highest BCUT2D eigenvalue weighted by Gasteiger charge is 2.27. The Morgan fingerprint density at radius 1 is 1.24 bits per heavy atom. The Morgan fingerprint density at radius 2 is 2.10 bits per heavy atom. The molecule has 1 aliphatic heterocycles. The van der Waals surface area contributed by atoms with E-state index in [1.807, 2.05) is 35.2 Å². The van der Waals surface area contributed by atoms with Gasteiger partial charge in [0, 0.05) is 32.0 Å². The molecule has 0 saturated carbocycles. The average Bonchev–Trinajstić information content (AvgIpc) is 2.56. The van der Waals surface area contributed by atoms with Crippen molar-refractivity contribution in [1.82, 2.24) is 15.2 Å². The number of rotatable bonds is 3. The summed E-state index contributed by atoms with van der Waals surface area (Å²) in [5.74, 6) is 0.165. The molecule has 2 heterocycles. The average molecular weight is 281 g/mol. The monoisotopic (exact) mass is 281 g/mol. The quantitative estimate of drug-likeness (QED) is 0.933. The molecule has 1 N–H and O–H groups in total. The molecule has 1 aromatic carbocycles. The molecule has 0 radical (unpaired) electrons.